The van der Waals surface area contributed by atoms with Gasteiger partial charge in [0, 0.05) is 28.2 Å². The lowest BCUT2D eigenvalue weighted by atomic mass is 9.97. The zero-order chi connectivity index (χ0) is 17.2. The number of hydrogen-bond acceptors (Lipinski definition) is 1. The number of hydrogen-bond donors (Lipinski definition) is 1. The van der Waals surface area contributed by atoms with Crippen molar-refractivity contribution in [1.29, 1.82) is 5.26 Å². The van der Waals surface area contributed by atoms with Gasteiger partial charge in [-0.3, -0.25) is 0 Å². The van der Waals surface area contributed by atoms with Gasteiger partial charge < -0.3 is 4.98 Å². The molecule has 2 nitrogen and oxygen atoms in total. The van der Waals surface area contributed by atoms with Crippen LogP contribution in [-0.2, 0) is 6.42 Å². The first-order valence-electron chi connectivity index (χ1n) is 8.50. The number of aryl methyl sites for hydroxylation is 1. The van der Waals surface area contributed by atoms with Crippen molar-refractivity contribution in [2.45, 2.75) is 13.3 Å². The lowest BCUT2D eigenvalue weighted by Crippen LogP contribution is -1.85. The molecule has 0 aliphatic rings. The van der Waals surface area contributed by atoms with E-state index in [1.807, 2.05) is 36.5 Å². The zero-order valence-corrected chi connectivity index (χ0v) is 14.1. The molecule has 0 atom stereocenters. The average molecular weight is 322 g/mol. The van der Waals surface area contributed by atoms with Gasteiger partial charge in [-0.15, -0.1) is 0 Å². The largest absolute Gasteiger partial charge is 0.360 e. The van der Waals surface area contributed by atoms with E-state index in [9.17, 15) is 5.26 Å². The fraction of sp³-hybridized carbons (Fsp3) is 0.0870. The Balaban J connectivity index is 1.91. The smallest absolute Gasteiger partial charge is 0.0998 e. The summed E-state index contributed by atoms with van der Waals surface area (Å²) < 4.78 is 0. The van der Waals surface area contributed by atoms with Crippen LogP contribution in [0.25, 0.3) is 33.3 Å². The van der Waals surface area contributed by atoms with Crippen molar-refractivity contribution in [2.75, 3.05) is 0 Å². The Kier molecular flexibility index (Phi) is 3.84. The third-order valence-corrected chi connectivity index (χ3v) is 4.71. The molecule has 4 aromatic rings. The number of rotatable bonds is 3. The van der Waals surface area contributed by atoms with E-state index in [2.05, 4.69) is 54.4 Å². The summed E-state index contributed by atoms with van der Waals surface area (Å²) in [6, 6.07) is 23.0. The van der Waals surface area contributed by atoms with Gasteiger partial charge in [-0.25, -0.2) is 0 Å². The third kappa shape index (κ3) is 2.60. The van der Waals surface area contributed by atoms with Gasteiger partial charge in [-0.2, -0.15) is 5.26 Å². The van der Waals surface area contributed by atoms with Gasteiger partial charge in [-0.05, 0) is 28.8 Å². The Morgan fingerprint density at radius 1 is 1.00 bits per heavy atom. The molecule has 1 heterocycles. The minimum absolute atomic E-state index is 0.680. The SMILES string of the molecule is CCc1cccc2c(/C=C(\C#N)c3cccc4ccccc34)c[nH]c12. The van der Waals surface area contributed by atoms with E-state index >= 15 is 0 Å². The first kappa shape index (κ1) is 15.2. The van der Waals surface area contributed by atoms with Gasteiger partial charge >= 0.3 is 0 Å². The van der Waals surface area contributed by atoms with Crippen LogP contribution in [-0.4, -0.2) is 4.98 Å². The van der Waals surface area contributed by atoms with E-state index in [4.69, 9.17) is 0 Å². The number of aromatic amines is 1. The molecule has 4 rings (SSSR count). The molecule has 0 spiro atoms. The van der Waals surface area contributed by atoms with Gasteiger partial charge in [0.2, 0.25) is 0 Å². The summed E-state index contributed by atoms with van der Waals surface area (Å²) in [6.45, 7) is 2.15. The summed E-state index contributed by atoms with van der Waals surface area (Å²) in [5.74, 6) is 0. The second-order valence-electron chi connectivity index (χ2n) is 6.13. The summed E-state index contributed by atoms with van der Waals surface area (Å²) in [6.07, 6.45) is 4.96. The quantitative estimate of drug-likeness (QED) is 0.465. The van der Waals surface area contributed by atoms with Crippen LogP contribution < -0.4 is 0 Å². The van der Waals surface area contributed by atoms with E-state index in [0.717, 1.165) is 39.2 Å². The molecule has 3 aromatic carbocycles. The lowest BCUT2D eigenvalue weighted by Gasteiger charge is -2.05. The maximum atomic E-state index is 9.78. The number of para-hydroxylation sites is 1. The molecule has 0 saturated carbocycles. The van der Waals surface area contributed by atoms with Crippen molar-refractivity contribution in [3.05, 3.63) is 83.6 Å². The predicted octanol–water partition coefficient (Wildman–Crippen LogP) is 5.95. The summed E-state index contributed by atoms with van der Waals surface area (Å²) in [7, 11) is 0. The van der Waals surface area contributed by atoms with Crippen LogP contribution in [0.5, 0.6) is 0 Å². The topological polar surface area (TPSA) is 39.6 Å². The molecule has 2 heteroatoms. The Bertz CT molecular complexity index is 1130. The fourth-order valence-electron chi connectivity index (χ4n) is 3.44. The second kappa shape index (κ2) is 6.30. The standard InChI is InChI=1S/C23H18N2/c1-2-16-8-5-12-22-19(15-25-23(16)22)13-18(14-24)21-11-6-9-17-7-3-4-10-20(17)21/h3-13,15,25H,2H2,1H3/b18-13+. The third-order valence-electron chi connectivity index (χ3n) is 4.71. The average Bonchev–Trinajstić information content (AvgIpc) is 3.08. The molecular weight excluding hydrogens is 304 g/mol. The van der Waals surface area contributed by atoms with Crippen LogP contribution in [0.2, 0.25) is 0 Å². The van der Waals surface area contributed by atoms with E-state index in [1.165, 1.54) is 5.56 Å². The predicted molar refractivity (Wildman–Crippen MR) is 105 cm³/mol. The molecule has 0 bridgehead atoms. The van der Waals surface area contributed by atoms with Crippen LogP contribution in [0.15, 0.2) is 66.9 Å². The molecule has 0 amide bonds. The maximum Gasteiger partial charge on any atom is 0.0998 e. The molecule has 0 unspecified atom stereocenters. The summed E-state index contributed by atoms with van der Waals surface area (Å²) in [5.41, 5.74) is 5.16. The Morgan fingerprint density at radius 3 is 2.60 bits per heavy atom. The minimum Gasteiger partial charge on any atom is -0.360 e. The Labute approximate surface area is 147 Å². The number of allylic oxidation sites excluding steroid dienone is 1. The van der Waals surface area contributed by atoms with E-state index < -0.39 is 0 Å². The van der Waals surface area contributed by atoms with Gasteiger partial charge in [0.1, 0.15) is 0 Å². The Hall–Kier alpha value is -3.31. The number of H-pyrrole nitrogens is 1. The van der Waals surface area contributed by atoms with Gasteiger partial charge in [0.05, 0.1) is 11.6 Å². The van der Waals surface area contributed by atoms with Crippen LogP contribution in [0.4, 0.5) is 0 Å². The number of fused-ring (bicyclic) bond motifs is 2. The van der Waals surface area contributed by atoms with Crippen LogP contribution in [0.3, 0.4) is 0 Å². The summed E-state index contributed by atoms with van der Waals surface area (Å²) >= 11 is 0. The van der Waals surface area contributed by atoms with E-state index in [1.54, 1.807) is 0 Å². The van der Waals surface area contributed by atoms with Crippen molar-refractivity contribution in [3.63, 3.8) is 0 Å². The minimum atomic E-state index is 0.680. The van der Waals surface area contributed by atoms with E-state index in [0.29, 0.717) is 5.57 Å². The highest BCUT2D eigenvalue weighted by molar-refractivity contribution is 6.04. The fourth-order valence-corrected chi connectivity index (χ4v) is 3.44. The molecule has 120 valence electrons. The Morgan fingerprint density at radius 2 is 1.76 bits per heavy atom. The first-order valence-corrected chi connectivity index (χ1v) is 8.50. The van der Waals surface area contributed by atoms with Crippen LogP contribution in [0, 0.1) is 11.3 Å². The highest BCUT2D eigenvalue weighted by atomic mass is 14.7. The van der Waals surface area contributed by atoms with Gasteiger partial charge in [0.25, 0.3) is 0 Å². The number of benzene rings is 3. The normalized spacial score (nSPS) is 11.8. The molecule has 0 saturated heterocycles. The van der Waals surface area contributed by atoms with Crippen molar-refractivity contribution in [3.8, 4) is 6.07 Å². The van der Waals surface area contributed by atoms with E-state index in [-0.39, 0.29) is 0 Å². The molecule has 1 N–H and O–H groups in total. The molecule has 0 aliphatic heterocycles. The first-order chi connectivity index (χ1) is 12.3. The molecule has 0 aliphatic carbocycles. The molecule has 25 heavy (non-hydrogen) atoms. The molecule has 1 aromatic heterocycles. The van der Waals surface area contributed by atoms with Gasteiger partial charge in [-0.1, -0.05) is 67.6 Å². The van der Waals surface area contributed by atoms with Gasteiger partial charge in [0.15, 0.2) is 0 Å². The highest BCUT2D eigenvalue weighted by Gasteiger charge is 2.09. The second-order valence-corrected chi connectivity index (χ2v) is 6.13. The van der Waals surface area contributed by atoms with Crippen molar-refractivity contribution >= 4 is 33.3 Å². The molecular formula is C23H18N2. The number of nitriles is 1. The summed E-state index contributed by atoms with van der Waals surface area (Å²) in [5, 5.41) is 13.2. The van der Waals surface area contributed by atoms with Crippen molar-refractivity contribution in [1.82, 2.24) is 4.98 Å². The lowest BCUT2D eigenvalue weighted by molar-refractivity contribution is 1.15. The number of nitrogens with zero attached hydrogens (tertiary/aromatic N) is 1. The van der Waals surface area contributed by atoms with Crippen molar-refractivity contribution in [2.24, 2.45) is 0 Å². The van der Waals surface area contributed by atoms with Crippen LogP contribution in [0.1, 0.15) is 23.6 Å². The maximum absolute atomic E-state index is 9.78. The van der Waals surface area contributed by atoms with Crippen LogP contribution >= 0.6 is 0 Å². The highest BCUT2D eigenvalue weighted by Crippen LogP contribution is 2.29. The number of nitrogens with one attached hydrogen (secondary N) is 1. The summed E-state index contributed by atoms with van der Waals surface area (Å²) in [4.78, 5) is 3.37. The monoisotopic (exact) mass is 322 g/mol. The van der Waals surface area contributed by atoms with Crippen molar-refractivity contribution < 1.29 is 0 Å². The number of aromatic nitrogens is 1. The zero-order valence-electron chi connectivity index (χ0n) is 14.1. The molecule has 0 radical (unpaired) electrons. The molecule has 0 fully saturated rings.